The molecule has 0 radical (unpaired) electrons. The molecule has 5 heteroatoms. The molecule has 0 bridgehead atoms. The Hall–Kier alpha value is -1.26. The van der Waals surface area contributed by atoms with Crippen LogP contribution in [0.3, 0.4) is 0 Å². The summed E-state index contributed by atoms with van der Waals surface area (Å²) >= 11 is 0. The SMILES string of the molecule is CN(C)C(=O)NCC(C)(C)C(=O)O. The number of aliphatic carboxylic acids is 1. The number of rotatable bonds is 3. The van der Waals surface area contributed by atoms with Gasteiger partial charge in [0, 0.05) is 20.6 Å². The molecular weight excluding hydrogens is 172 g/mol. The maximum absolute atomic E-state index is 11.0. The molecule has 0 aromatic carbocycles. The third kappa shape index (κ3) is 3.78. The van der Waals surface area contributed by atoms with Gasteiger partial charge in [0.05, 0.1) is 5.41 Å². The molecule has 13 heavy (non-hydrogen) atoms. The summed E-state index contributed by atoms with van der Waals surface area (Å²) in [6, 6.07) is -0.283. The van der Waals surface area contributed by atoms with E-state index in [1.807, 2.05) is 0 Å². The normalized spacial score (nSPS) is 10.8. The van der Waals surface area contributed by atoms with Gasteiger partial charge in [-0.25, -0.2) is 4.79 Å². The number of nitrogens with zero attached hydrogens (tertiary/aromatic N) is 1. The predicted octanol–water partition coefficient (Wildman–Crippen LogP) is 0.368. The van der Waals surface area contributed by atoms with E-state index in [1.54, 1.807) is 27.9 Å². The van der Waals surface area contributed by atoms with Gasteiger partial charge in [0.25, 0.3) is 0 Å². The number of hydrogen-bond acceptors (Lipinski definition) is 2. The zero-order chi connectivity index (χ0) is 10.6. The van der Waals surface area contributed by atoms with Gasteiger partial charge >= 0.3 is 12.0 Å². The molecule has 0 saturated heterocycles. The molecular formula is C8H16N2O3. The molecule has 0 aliphatic rings. The van der Waals surface area contributed by atoms with Crippen molar-refractivity contribution in [1.82, 2.24) is 10.2 Å². The molecule has 0 atom stereocenters. The Morgan fingerprint density at radius 1 is 1.38 bits per heavy atom. The average molecular weight is 188 g/mol. The lowest BCUT2D eigenvalue weighted by Crippen LogP contribution is -2.42. The van der Waals surface area contributed by atoms with Crippen LogP contribution >= 0.6 is 0 Å². The summed E-state index contributed by atoms with van der Waals surface area (Å²) in [6.45, 7) is 3.25. The summed E-state index contributed by atoms with van der Waals surface area (Å²) in [5.41, 5.74) is -0.925. The van der Waals surface area contributed by atoms with Crippen LogP contribution in [0.2, 0.25) is 0 Å². The number of carbonyl (C=O) groups excluding carboxylic acids is 1. The van der Waals surface area contributed by atoms with Crippen LogP contribution in [0.1, 0.15) is 13.8 Å². The average Bonchev–Trinajstić information content (AvgIpc) is 1.99. The molecule has 0 saturated carbocycles. The van der Waals surface area contributed by atoms with Crippen LogP contribution in [0.15, 0.2) is 0 Å². The molecule has 0 spiro atoms. The Morgan fingerprint density at radius 2 is 1.85 bits per heavy atom. The summed E-state index contributed by atoms with van der Waals surface area (Å²) in [7, 11) is 3.20. The standard InChI is InChI=1S/C8H16N2O3/c1-8(2,6(11)12)5-9-7(13)10(3)4/h5H2,1-4H3,(H,9,13)(H,11,12). The highest BCUT2D eigenvalue weighted by molar-refractivity contribution is 5.77. The molecule has 76 valence electrons. The molecule has 0 aliphatic heterocycles. The van der Waals surface area contributed by atoms with Gasteiger partial charge in [0.1, 0.15) is 0 Å². The van der Waals surface area contributed by atoms with Gasteiger partial charge in [-0.2, -0.15) is 0 Å². The molecule has 2 N–H and O–H groups in total. The summed E-state index contributed by atoms with van der Waals surface area (Å²) in [4.78, 5) is 23.0. The summed E-state index contributed by atoms with van der Waals surface area (Å²) in [6.07, 6.45) is 0. The molecule has 0 fully saturated rings. The quantitative estimate of drug-likeness (QED) is 0.672. The van der Waals surface area contributed by atoms with Crippen molar-refractivity contribution in [3.05, 3.63) is 0 Å². The van der Waals surface area contributed by atoms with Gasteiger partial charge in [0.2, 0.25) is 0 Å². The van der Waals surface area contributed by atoms with Gasteiger partial charge in [-0.05, 0) is 13.8 Å². The van der Waals surface area contributed by atoms with Gasteiger partial charge in [-0.3, -0.25) is 4.79 Å². The first-order valence-corrected chi connectivity index (χ1v) is 3.96. The predicted molar refractivity (Wildman–Crippen MR) is 48.5 cm³/mol. The summed E-state index contributed by atoms with van der Waals surface area (Å²) in [5, 5.41) is 11.2. The van der Waals surface area contributed by atoms with E-state index < -0.39 is 11.4 Å². The Kier molecular flexibility index (Phi) is 3.71. The fraction of sp³-hybridized carbons (Fsp3) is 0.750. The van der Waals surface area contributed by atoms with Crippen LogP contribution in [0.4, 0.5) is 4.79 Å². The highest BCUT2D eigenvalue weighted by Crippen LogP contribution is 2.12. The second kappa shape index (κ2) is 4.11. The molecule has 0 heterocycles. The Morgan fingerprint density at radius 3 is 2.15 bits per heavy atom. The fourth-order valence-electron chi connectivity index (χ4n) is 0.530. The van der Waals surface area contributed by atoms with E-state index in [2.05, 4.69) is 5.32 Å². The minimum atomic E-state index is -0.925. The van der Waals surface area contributed by atoms with E-state index in [-0.39, 0.29) is 12.6 Å². The number of carbonyl (C=O) groups is 2. The van der Waals surface area contributed by atoms with Crippen LogP contribution in [0, 0.1) is 5.41 Å². The third-order valence-electron chi connectivity index (χ3n) is 1.67. The topological polar surface area (TPSA) is 69.6 Å². The second-order valence-electron chi connectivity index (χ2n) is 3.74. The Labute approximate surface area is 77.7 Å². The van der Waals surface area contributed by atoms with Crippen molar-refractivity contribution in [2.24, 2.45) is 5.41 Å². The minimum Gasteiger partial charge on any atom is -0.481 e. The van der Waals surface area contributed by atoms with Gasteiger partial charge in [-0.15, -0.1) is 0 Å². The second-order valence-corrected chi connectivity index (χ2v) is 3.74. The molecule has 5 nitrogen and oxygen atoms in total. The lowest BCUT2D eigenvalue weighted by molar-refractivity contribution is -0.146. The highest BCUT2D eigenvalue weighted by Gasteiger charge is 2.27. The van der Waals surface area contributed by atoms with E-state index >= 15 is 0 Å². The molecule has 0 aromatic rings. The highest BCUT2D eigenvalue weighted by atomic mass is 16.4. The third-order valence-corrected chi connectivity index (χ3v) is 1.67. The van der Waals surface area contributed by atoms with Crippen molar-refractivity contribution < 1.29 is 14.7 Å². The maximum Gasteiger partial charge on any atom is 0.316 e. The van der Waals surface area contributed by atoms with Crippen molar-refractivity contribution in [3.8, 4) is 0 Å². The van der Waals surface area contributed by atoms with Crippen LogP contribution in [0.25, 0.3) is 0 Å². The zero-order valence-electron chi connectivity index (χ0n) is 8.42. The van der Waals surface area contributed by atoms with E-state index in [0.29, 0.717) is 0 Å². The van der Waals surface area contributed by atoms with Crippen LogP contribution in [-0.4, -0.2) is 42.6 Å². The Balaban J connectivity index is 4.03. The smallest absolute Gasteiger partial charge is 0.316 e. The fourth-order valence-corrected chi connectivity index (χ4v) is 0.530. The number of carboxylic acid groups (broad SMARTS) is 1. The maximum atomic E-state index is 11.0. The van der Waals surface area contributed by atoms with Gasteiger partial charge in [-0.1, -0.05) is 0 Å². The number of hydrogen-bond donors (Lipinski definition) is 2. The summed E-state index contributed by atoms with van der Waals surface area (Å²) < 4.78 is 0. The first-order chi connectivity index (χ1) is 5.77. The largest absolute Gasteiger partial charge is 0.481 e. The molecule has 0 aromatic heterocycles. The van der Waals surface area contributed by atoms with Crippen molar-refractivity contribution >= 4 is 12.0 Å². The molecule has 0 unspecified atom stereocenters. The lowest BCUT2D eigenvalue weighted by Gasteiger charge is -2.21. The number of amides is 2. The van der Waals surface area contributed by atoms with Crippen molar-refractivity contribution in [3.63, 3.8) is 0 Å². The van der Waals surface area contributed by atoms with Gasteiger partial charge in [0.15, 0.2) is 0 Å². The monoisotopic (exact) mass is 188 g/mol. The number of nitrogens with one attached hydrogen (secondary N) is 1. The lowest BCUT2D eigenvalue weighted by atomic mass is 9.94. The molecule has 2 amide bonds. The van der Waals surface area contributed by atoms with E-state index in [0.717, 1.165) is 0 Å². The van der Waals surface area contributed by atoms with E-state index in [9.17, 15) is 9.59 Å². The van der Waals surface area contributed by atoms with E-state index in [4.69, 9.17) is 5.11 Å². The number of carboxylic acids is 1. The van der Waals surface area contributed by atoms with Crippen molar-refractivity contribution in [2.45, 2.75) is 13.8 Å². The van der Waals surface area contributed by atoms with E-state index in [1.165, 1.54) is 4.90 Å². The molecule has 0 rings (SSSR count). The molecule has 0 aliphatic carbocycles. The number of urea groups is 1. The Bertz CT molecular complexity index is 211. The first kappa shape index (κ1) is 11.7. The van der Waals surface area contributed by atoms with Crippen LogP contribution in [-0.2, 0) is 4.79 Å². The minimum absolute atomic E-state index is 0.124. The van der Waals surface area contributed by atoms with Gasteiger partial charge < -0.3 is 15.3 Å². The van der Waals surface area contributed by atoms with Crippen molar-refractivity contribution in [2.75, 3.05) is 20.6 Å². The zero-order valence-corrected chi connectivity index (χ0v) is 8.42. The van der Waals surface area contributed by atoms with Crippen LogP contribution in [0.5, 0.6) is 0 Å². The van der Waals surface area contributed by atoms with Crippen LogP contribution < -0.4 is 5.32 Å². The van der Waals surface area contributed by atoms with Crippen molar-refractivity contribution in [1.29, 1.82) is 0 Å². The first-order valence-electron chi connectivity index (χ1n) is 3.96. The summed E-state index contributed by atoms with van der Waals surface area (Å²) in [5.74, 6) is -0.924.